The van der Waals surface area contributed by atoms with Crippen molar-refractivity contribution in [2.24, 2.45) is 5.92 Å². The first-order chi connectivity index (χ1) is 10.6. The quantitative estimate of drug-likeness (QED) is 0.893. The lowest BCUT2D eigenvalue weighted by atomic mass is 9.94. The Labute approximate surface area is 137 Å². The Morgan fingerprint density at radius 1 is 1.41 bits per heavy atom. The van der Waals surface area contributed by atoms with E-state index < -0.39 is 0 Å². The van der Waals surface area contributed by atoms with Crippen molar-refractivity contribution >= 4 is 17.6 Å². The third kappa shape index (κ3) is 4.62. The van der Waals surface area contributed by atoms with Crippen molar-refractivity contribution in [3.8, 4) is 0 Å². The number of nitrogens with zero attached hydrogens (tertiary/aromatic N) is 1. The number of nitrogens with one attached hydrogen (secondary N) is 1. The summed E-state index contributed by atoms with van der Waals surface area (Å²) in [6, 6.07) is 7.53. The fourth-order valence-electron chi connectivity index (χ4n) is 2.89. The Hall–Kier alpha value is -1.26. The number of rotatable bonds is 5. The predicted molar refractivity (Wildman–Crippen MR) is 89.2 cm³/mol. The average Bonchev–Trinajstić information content (AvgIpc) is 2.53. The maximum absolute atomic E-state index is 12.4. The van der Waals surface area contributed by atoms with Crippen LogP contribution in [0.25, 0.3) is 0 Å². The lowest BCUT2D eigenvalue weighted by molar-refractivity contribution is 0.138. The number of halogens is 1. The van der Waals surface area contributed by atoms with Crippen LogP contribution in [0.4, 0.5) is 4.79 Å². The number of hydrogen-bond donors (Lipinski definition) is 1. The molecule has 1 aromatic carbocycles. The number of carbonyl (C=O) groups is 1. The molecule has 1 fully saturated rings. The first-order valence-electron chi connectivity index (χ1n) is 7.90. The van der Waals surface area contributed by atoms with E-state index in [1.54, 1.807) is 7.11 Å². The molecule has 122 valence electrons. The van der Waals surface area contributed by atoms with Gasteiger partial charge in [0.25, 0.3) is 0 Å². The highest BCUT2D eigenvalue weighted by Crippen LogP contribution is 2.24. The van der Waals surface area contributed by atoms with E-state index in [4.69, 9.17) is 16.3 Å². The molecule has 0 aromatic heterocycles. The molecule has 2 rings (SSSR count). The van der Waals surface area contributed by atoms with Crippen LogP contribution < -0.4 is 5.32 Å². The molecule has 1 unspecified atom stereocenters. The van der Waals surface area contributed by atoms with Gasteiger partial charge in [-0.25, -0.2) is 4.79 Å². The van der Waals surface area contributed by atoms with Crippen LogP contribution in [-0.4, -0.2) is 37.7 Å². The highest BCUT2D eigenvalue weighted by molar-refractivity contribution is 6.31. The molecule has 22 heavy (non-hydrogen) atoms. The zero-order valence-corrected chi connectivity index (χ0v) is 14.1. The van der Waals surface area contributed by atoms with Gasteiger partial charge in [0, 0.05) is 31.8 Å². The van der Waals surface area contributed by atoms with E-state index in [1.807, 2.05) is 36.1 Å². The Bertz CT molecular complexity index is 487. The Morgan fingerprint density at radius 2 is 2.09 bits per heavy atom. The zero-order valence-electron chi connectivity index (χ0n) is 13.3. The van der Waals surface area contributed by atoms with Crippen molar-refractivity contribution in [1.29, 1.82) is 0 Å². The molecular formula is C17H25ClN2O2. The van der Waals surface area contributed by atoms with E-state index in [9.17, 15) is 4.79 Å². The monoisotopic (exact) mass is 324 g/mol. The fraction of sp³-hybridized carbons (Fsp3) is 0.588. The Kier molecular flexibility index (Phi) is 6.52. The summed E-state index contributed by atoms with van der Waals surface area (Å²) in [6.45, 7) is 4.40. The van der Waals surface area contributed by atoms with Crippen molar-refractivity contribution in [3.63, 3.8) is 0 Å². The number of amides is 2. The van der Waals surface area contributed by atoms with Gasteiger partial charge in [0.15, 0.2) is 0 Å². The summed E-state index contributed by atoms with van der Waals surface area (Å²) >= 11 is 6.18. The molecule has 1 aliphatic heterocycles. The second-order valence-electron chi connectivity index (χ2n) is 5.90. The van der Waals surface area contributed by atoms with E-state index in [2.05, 4.69) is 5.32 Å². The number of carbonyl (C=O) groups excluding carboxylic acids is 1. The number of benzene rings is 1. The summed E-state index contributed by atoms with van der Waals surface area (Å²) in [4.78, 5) is 14.3. The number of urea groups is 1. The first kappa shape index (κ1) is 17.1. The summed E-state index contributed by atoms with van der Waals surface area (Å²) in [5.41, 5.74) is 0.951. The van der Waals surface area contributed by atoms with Gasteiger partial charge < -0.3 is 15.0 Å². The van der Waals surface area contributed by atoms with Crippen LogP contribution in [-0.2, 0) is 4.74 Å². The third-order valence-corrected chi connectivity index (χ3v) is 4.69. The minimum atomic E-state index is -0.0904. The molecule has 0 bridgehead atoms. The summed E-state index contributed by atoms with van der Waals surface area (Å²) < 4.78 is 5.13. The van der Waals surface area contributed by atoms with Gasteiger partial charge in [-0.2, -0.15) is 0 Å². The minimum absolute atomic E-state index is 0.00221. The highest BCUT2D eigenvalue weighted by Gasteiger charge is 2.23. The summed E-state index contributed by atoms with van der Waals surface area (Å²) in [7, 11) is 1.73. The van der Waals surface area contributed by atoms with Crippen LogP contribution in [0.1, 0.15) is 37.8 Å². The van der Waals surface area contributed by atoms with Gasteiger partial charge in [0.1, 0.15) is 0 Å². The van der Waals surface area contributed by atoms with Gasteiger partial charge in [-0.1, -0.05) is 29.8 Å². The maximum Gasteiger partial charge on any atom is 0.317 e. The molecule has 1 atom stereocenters. The van der Waals surface area contributed by atoms with Crippen molar-refractivity contribution in [1.82, 2.24) is 10.2 Å². The van der Waals surface area contributed by atoms with Crippen molar-refractivity contribution in [3.05, 3.63) is 34.9 Å². The minimum Gasteiger partial charge on any atom is -0.385 e. The number of methoxy groups -OCH3 is 1. The molecule has 0 spiro atoms. The molecule has 2 amide bonds. The van der Waals surface area contributed by atoms with Crippen LogP contribution in [0, 0.1) is 5.92 Å². The van der Waals surface area contributed by atoms with E-state index >= 15 is 0 Å². The topological polar surface area (TPSA) is 41.6 Å². The van der Waals surface area contributed by atoms with E-state index in [-0.39, 0.29) is 12.1 Å². The van der Waals surface area contributed by atoms with Gasteiger partial charge in [-0.15, -0.1) is 0 Å². The first-order valence-corrected chi connectivity index (χ1v) is 8.28. The Morgan fingerprint density at radius 3 is 2.73 bits per heavy atom. The summed E-state index contributed by atoms with van der Waals surface area (Å²) in [5.74, 6) is 0.671. The largest absolute Gasteiger partial charge is 0.385 e. The molecule has 1 N–H and O–H groups in total. The Balaban J connectivity index is 1.82. The second-order valence-corrected chi connectivity index (χ2v) is 6.31. The summed E-state index contributed by atoms with van der Waals surface area (Å²) in [5, 5.41) is 3.73. The van der Waals surface area contributed by atoms with Gasteiger partial charge in [0.05, 0.1) is 6.04 Å². The smallest absolute Gasteiger partial charge is 0.317 e. The highest BCUT2D eigenvalue weighted by atomic mass is 35.5. The van der Waals surface area contributed by atoms with Gasteiger partial charge >= 0.3 is 6.03 Å². The predicted octanol–water partition coefficient (Wildman–Crippen LogP) is 3.86. The molecule has 4 nitrogen and oxygen atoms in total. The van der Waals surface area contributed by atoms with Crippen molar-refractivity contribution in [2.75, 3.05) is 26.8 Å². The standard InChI is InChI=1S/C17H25ClN2O2/c1-13(15-5-3-4-6-16(15)18)19-17(21)20-10-7-14(8-11-20)9-12-22-2/h3-6,13-14H,7-12H2,1-2H3,(H,19,21). The van der Waals surface area contributed by atoms with Crippen LogP contribution in [0.3, 0.4) is 0 Å². The molecule has 1 aromatic rings. The molecule has 0 radical (unpaired) electrons. The van der Waals surface area contributed by atoms with Crippen molar-refractivity contribution in [2.45, 2.75) is 32.2 Å². The molecule has 1 heterocycles. The number of piperidine rings is 1. The average molecular weight is 325 g/mol. The number of ether oxygens (including phenoxy) is 1. The maximum atomic E-state index is 12.4. The lowest BCUT2D eigenvalue weighted by Gasteiger charge is -2.33. The van der Waals surface area contributed by atoms with E-state index in [1.165, 1.54) is 0 Å². The number of hydrogen-bond acceptors (Lipinski definition) is 2. The van der Waals surface area contributed by atoms with E-state index in [0.717, 1.165) is 44.5 Å². The number of likely N-dealkylation sites (tertiary alicyclic amines) is 1. The fourth-order valence-corrected chi connectivity index (χ4v) is 3.19. The molecule has 1 saturated heterocycles. The third-order valence-electron chi connectivity index (χ3n) is 4.34. The van der Waals surface area contributed by atoms with Crippen molar-refractivity contribution < 1.29 is 9.53 Å². The van der Waals surface area contributed by atoms with Crippen LogP contribution in [0.5, 0.6) is 0 Å². The molecule has 1 aliphatic rings. The van der Waals surface area contributed by atoms with Crippen LogP contribution in [0.15, 0.2) is 24.3 Å². The van der Waals surface area contributed by atoms with Crippen LogP contribution in [0.2, 0.25) is 5.02 Å². The molecular weight excluding hydrogens is 300 g/mol. The molecule has 0 aliphatic carbocycles. The summed E-state index contributed by atoms with van der Waals surface area (Å²) in [6.07, 6.45) is 3.19. The zero-order chi connectivity index (χ0) is 15.9. The lowest BCUT2D eigenvalue weighted by Crippen LogP contribution is -2.45. The van der Waals surface area contributed by atoms with Gasteiger partial charge in [-0.05, 0) is 43.7 Å². The molecule has 5 heteroatoms. The second kappa shape index (κ2) is 8.39. The molecule has 0 saturated carbocycles. The van der Waals surface area contributed by atoms with Gasteiger partial charge in [0.2, 0.25) is 0 Å². The normalized spacial score (nSPS) is 17.3. The van der Waals surface area contributed by atoms with E-state index in [0.29, 0.717) is 10.9 Å². The van der Waals surface area contributed by atoms with Crippen LogP contribution >= 0.6 is 11.6 Å². The SMILES string of the molecule is COCCC1CCN(C(=O)NC(C)c2ccccc2Cl)CC1. The van der Waals surface area contributed by atoms with Gasteiger partial charge in [-0.3, -0.25) is 0 Å².